The first kappa shape index (κ1) is 21.5. The number of benzene rings is 3. The molecule has 0 radical (unpaired) electrons. The quantitative estimate of drug-likeness (QED) is 0.307. The first-order valence-electron chi connectivity index (χ1n) is 12.2. The van der Waals surface area contributed by atoms with Crippen LogP contribution in [0.4, 0.5) is 0 Å². The molecule has 2 N–H and O–H groups in total. The Morgan fingerprint density at radius 1 is 0.771 bits per heavy atom. The van der Waals surface area contributed by atoms with Crippen LogP contribution in [0.3, 0.4) is 0 Å². The van der Waals surface area contributed by atoms with Gasteiger partial charge in [-0.2, -0.15) is 0 Å². The van der Waals surface area contributed by atoms with Crippen molar-refractivity contribution >= 4 is 11.9 Å². The number of aromatic nitrogens is 3. The second-order valence-corrected chi connectivity index (χ2v) is 9.34. The average molecular weight is 457 g/mol. The Bertz CT molecular complexity index is 1510. The number of rotatable bonds is 5. The van der Waals surface area contributed by atoms with Crippen LogP contribution < -0.4 is 5.73 Å². The molecule has 172 valence electrons. The van der Waals surface area contributed by atoms with Crippen molar-refractivity contribution in [1.82, 2.24) is 14.4 Å². The summed E-state index contributed by atoms with van der Waals surface area (Å²) in [6, 6.07) is 29.4. The van der Waals surface area contributed by atoms with Crippen LogP contribution in [0.15, 0.2) is 97.2 Å². The second kappa shape index (κ2) is 8.64. The van der Waals surface area contributed by atoms with Gasteiger partial charge in [-0.15, -0.1) is 0 Å². The highest BCUT2D eigenvalue weighted by Crippen LogP contribution is 2.40. The number of nitrogens with two attached hydrogens (primary N) is 1. The fraction of sp³-hybridized carbons (Fsp3) is 0.161. The fourth-order valence-electron chi connectivity index (χ4n) is 4.97. The Balaban J connectivity index is 1.57. The zero-order chi connectivity index (χ0) is 23.8. The number of allylic oxidation sites excluding steroid dienone is 1. The molecular formula is C31H28N4. The van der Waals surface area contributed by atoms with E-state index in [2.05, 4.69) is 77.3 Å². The zero-order valence-electron chi connectivity index (χ0n) is 19.9. The van der Waals surface area contributed by atoms with E-state index in [1.807, 2.05) is 37.3 Å². The minimum atomic E-state index is -0.173. The molecule has 6 rings (SSSR count). The summed E-state index contributed by atoms with van der Waals surface area (Å²) < 4.78 is 2.10. The molecule has 5 aromatic rings. The molecule has 4 heteroatoms. The van der Waals surface area contributed by atoms with E-state index < -0.39 is 0 Å². The Labute approximate surface area is 205 Å². The van der Waals surface area contributed by atoms with E-state index in [1.54, 1.807) is 0 Å². The number of imidazole rings is 1. The summed E-state index contributed by atoms with van der Waals surface area (Å²) in [5.74, 6) is 0.685. The maximum atomic E-state index is 6.58. The number of hydrogen-bond donors (Lipinski definition) is 1. The van der Waals surface area contributed by atoms with Crippen LogP contribution in [-0.4, -0.2) is 14.4 Å². The van der Waals surface area contributed by atoms with E-state index in [9.17, 15) is 0 Å². The van der Waals surface area contributed by atoms with Crippen molar-refractivity contribution < 1.29 is 0 Å². The largest absolute Gasteiger partial charge is 0.321 e. The van der Waals surface area contributed by atoms with Gasteiger partial charge in [0, 0.05) is 28.4 Å². The molecule has 1 fully saturated rings. The Morgan fingerprint density at radius 3 is 1.97 bits per heavy atom. The van der Waals surface area contributed by atoms with Gasteiger partial charge in [-0.25, -0.2) is 9.97 Å². The smallest absolute Gasteiger partial charge is 0.235 e. The molecule has 4 nitrogen and oxygen atoms in total. The van der Waals surface area contributed by atoms with Gasteiger partial charge in [0.25, 0.3) is 0 Å². The summed E-state index contributed by atoms with van der Waals surface area (Å²) in [6.07, 6.45) is 9.63. The molecule has 3 aromatic carbocycles. The maximum Gasteiger partial charge on any atom is 0.235 e. The van der Waals surface area contributed by atoms with Crippen molar-refractivity contribution in [2.45, 2.75) is 31.7 Å². The van der Waals surface area contributed by atoms with E-state index in [0.717, 1.165) is 52.2 Å². The minimum absolute atomic E-state index is 0.173. The topological polar surface area (TPSA) is 56.2 Å². The first-order chi connectivity index (χ1) is 17.2. The van der Waals surface area contributed by atoms with Crippen molar-refractivity contribution in [1.29, 1.82) is 0 Å². The molecular weight excluding hydrogens is 428 g/mol. The van der Waals surface area contributed by atoms with Crippen LogP contribution in [0.1, 0.15) is 37.4 Å². The SMILES string of the molecule is C/C=C\c1c(-c2ccccc2)nc2nc(-c3ccc(C4(N)CCC4)cc3)c(-c3ccccc3)cn12. The fourth-order valence-corrected chi connectivity index (χ4v) is 4.97. The molecule has 0 atom stereocenters. The molecule has 1 aliphatic rings. The number of fused-ring (bicyclic) bond motifs is 1. The van der Waals surface area contributed by atoms with Crippen LogP contribution in [0.5, 0.6) is 0 Å². The Kier molecular flexibility index (Phi) is 5.31. The van der Waals surface area contributed by atoms with Gasteiger partial charge in [0.05, 0.1) is 17.1 Å². The van der Waals surface area contributed by atoms with Crippen LogP contribution in [0.25, 0.3) is 45.5 Å². The van der Waals surface area contributed by atoms with E-state index in [4.69, 9.17) is 15.7 Å². The molecule has 0 unspecified atom stereocenters. The van der Waals surface area contributed by atoms with Gasteiger partial charge in [-0.1, -0.05) is 91.0 Å². The third-order valence-corrected chi connectivity index (χ3v) is 7.09. The van der Waals surface area contributed by atoms with Crippen molar-refractivity contribution in [2.24, 2.45) is 5.73 Å². The van der Waals surface area contributed by atoms with Crippen molar-refractivity contribution in [2.75, 3.05) is 0 Å². The normalized spacial score (nSPS) is 14.9. The molecule has 2 aromatic heterocycles. The predicted octanol–water partition coefficient (Wildman–Crippen LogP) is 7.10. The van der Waals surface area contributed by atoms with E-state index in [-0.39, 0.29) is 5.54 Å². The van der Waals surface area contributed by atoms with Crippen LogP contribution in [0.2, 0.25) is 0 Å². The van der Waals surface area contributed by atoms with Gasteiger partial charge in [0.15, 0.2) is 0 Å². The third kappa shape index (κ3) is 3.76. The molecule has 0 saturated heterocycles. The standard InChI is InChI=1S/C31H28N4/c1-2-10-27-29(23-13-7-4-8-14-23)34-30-33-28(26(21-35(27)30)22-11-5-3-6-12-22)24-15-17-25(18-16-24)31(32)19-9-20-31/h2-8,10-18,21H,9,19-20,32H2,1H3/b10-2-. The molecule has 2 heterocycles. The third-order valence-electron chi connectivity index (χ3n) is 7.09. The number of hydrogen-bond acceptors (Lipinski definition) is 3. The Morgan fingerprint density at radius 2 is 1.37 bits per heavy atom. The minimum Gasteiger partial charge on any atom is -0.321 e. The van der Waals surface area contributed by atoms with Gasteiger partial charge >= 0.3 is 0 Å². The van der Waals surface area contributed by atoms with Gasteiger partial charge in [-0.05, 0) is 43.4 Å². The van der Waals surface area contributed by atoms with E-state index >= 15 is 0 Å². The molecule has 35 heavy (non-hydrogen) atoms. The van der Waals surface area contributed by atoms with Crippen molar-refractivity contribution in [3.63, 3.8) is 0 Å². The molecule has 0 aliphatic heterocycles. The summed E-state index contributed by atoms with van der Waals surface area (Å²) in [4.78, 5) is 10.1. The highest BCUT2D eigenvalue weighted by atomic mass is 15.1. The van der Waals surface area contributed by atoms with Gasteiger partial charge in [0.1, 0.15) is 0 Å². The average Bonchev–Trinajstić information content (AvgIpc) is 3.25. The van der Waals surface area contributed by atoms with Crippen LogP contribution >= 0.6 is 0 Å². The van der Waals surface area contributed by atoms with E-state index in [1.165, 1.54) is 12.0 Å². The van der Waals surface area contributed by atoms with Crippen LogP contribution in [-0.2, 0) is 5.54 Å². The molecule has 0 amide bonds. The van der Waals surface area contributed by atoms with Crippen LogP contribution in [0, 0.1) is 0 Å². The summed E-state index contributed by atoms with van der Waals surface area (Å²) >= 11 is 0. The summed E-state index contributed by atoms with van der Waals surface area (Å²) in [6.45, 7) is 2.03. The molecule has 1 saturated carbocycles. The lowest BCUT2D eigenvalue weighted by Crippen LogP contribution is -2.43. The highest BCUT2D eigenvalue weighted by molar-refractivity contribution is 5.83. The predicted molar refractivity (Wildman–Crippen MR) is 144 cm³/mol. The Hall–Kier alpha value is -4.02. The monoisotopic (exact) mass is 456 g/mol. The van der Waals surface area contributed by atoms with Gasteiger partial charge in [0.2, 0.25) is 5.78 Å². The summed E-state index contributed by atoms with van der Waals surface area (Å²) in [7, 11) is 0. The van der Waals surface area contributed by atoms with Gasteiger partial charge in [-0.3, -0.25) is 4.40 Å². The lowest BCUT2D eigenvalue weighted by molar-refractivity contribution is 0.253. The number of nitrogens with zero attached hydrogens (tertiary/aromatic N) is 3. The summed E-state index contributed by atoms with van der Waals surface area (Å²) in [5, 5.41) is 0. The maximum absolute atomic E-state index is 6.58. The summed E-state index contributed by atoms with van der Waals surface area (Å²) in [5.41, 5.74) is 14.8. The van der Waals surface area contributed by atoms with Crippen molar-refractivity contribution in [3.8, 4) is 33.6 Å². The first-order valence-corrected chi connectivity index (χ1v) is 12.2. The molecule has 1 aliphatic carbocycles. The lowest BCUT2D eigenvalue weighted by Gasteiger charge is -2.38. The lowest BCUT2D eigenvalue weighted by atomic mass is 9.72. The molecule has 0 bridgehead atoms. The highest BCUT2D eigenvalue weighted by Gasteiger charge is 2.34. The molecule has 0 spiro atoms. The second-order valence-electron chi connectivity index (χ2n) is 9.34. The van der Waals surface area contributed by atoms with Gasteiger partial charge < -0.3 is 5.73 Å². The zero-order valence-corrected chi connectivity index (χ0v) is 19.9. The van der Waals surface area contributed by atoms with Crippen molar-refractivity contribution in [3.05, 3.63) is 108 Å². The van der Waals surface area contributed by atoms with E-state index in [0.29, 0.717) is 5.78 Å².